The van der Waals surface area contributed by atoms with Gasteiger partial charge in [0.1, 0.15) is 0 Å². The molecule has 0 bridgehead atoms. The maximum atomic E-state index is 3.08. The Labute approximate surface area is 55.8 Å². The zero-order chi connectivity index (χ0) is 6.69. The van der Waals surface area contributed by atoms with E-state index in [0.717, 1.165) is 0 Å². The Hall–Kier alpha value is -0.920. The van der Waals surface area contributed by atoms with Crippen molar-refractivity contribution in [2.75, 3.05) is 0 Å². The van der Waals surface area contributed by atoms with Gasteiger partial charge in [0, 0.05) is 18.4 Å². The second-order valence-electron chi connectivity index (χ2n) is 2.33. The summed E-state index contributed by atoms with van der Waals surface area (Å²) >= 11 is 0. The molecular formula is C7H12N2. The van der Waals surface area contributed by atoms with Crippen molar-refractivity contribution in [3.05, 3.63) is 24.6 Å². The molecule has 0 aromatic heterocycles. The van der Waals surface area contributed by atoms with E-state index in [1.54, 1.807) is 0 Å². The summed E-state index contributed by atoms with van der Waals surface area (Å²) < 4.78 is 0. The zero-order valence-electron chi connectivity index (χ0n) is 5.83. The number of allylic oxidation sites excluding steroid dienone is 2. The molecule has 0 radical (unpaired) electrons. The fourth-order valence-electron chi connectivity index (χ4n) is 0.691. The molecule has 0 aromatic carbocycles. The van der Waals surface area contributed by atoms with Gasteiger partial charge in [0.15, 0.2) is 0 Å². The molecular weight excluding hydrogens is 112 g/mol. The summed E-state index contributed by atoms with van der Waals surface area (Å²) in [6, 6.07) is 0.520. The van der Waals surface area contributed by atoms with Gasteiger partial charge in [0.25, 0.3) is 0 Å². The molecule has 0 spiro atoms. The third kappa shape index (κ3) is 1.49. The zero-order valence-corrected chi connectivity index (χ0v) is 5.83. The molecule has 0 saturated heterocycles. The average molecular weight is 124 g/mol. The molecule has 0 fully saturated rings. The first-order valence-electron chi connectivity index (χ1n) is 3.18. The molecule has 50 valence electrons. The van der Waals surface area contributed by atoms with E-state index in [1.165, 1.54) is 0 Å². The largest absolute Gasteiger partial charge is 0.306 e. The van der Waals surface area contributed by atoms with E-state index in [1.807, 2.05) is 29.6 Å². The predicted molar refractivity (Wildman–Crippen MR) is 38.4 cm³/mol. The van der Waals surface area contributed by atoms with Crippen LogP contribution in [0.2, 0.25) is 0 Å². The SMILES string of the molecule is CC(C)N1C=CC=CN1. The van der Waals surface area contributed by atoms with Crippen LogP contribution in [-0.4, -0.2) is 11.1 Å². The van der Waals surface area contributed by atoms with Gasteiger partial charge in [0.05, 0.1) is 0 Å². The Morgan fingerprint density at radius 2 is 2.11 bits per heavy atom. The van der Waals surface area contributed by atoms with E-state index >= 15 is 0 Å². The highest BCUT2D eigenvalue weighted by atomic mass is 15.5. The number of hydrazine groups is 1. The number of nitrogens with zero attached hydrogens (tertiary/aromatic N) is 1. The minimum atomic E-state index is 0.520. The molecule has 1 aliphatic rings. The normalized spacial score (nSPS) is 16.6. The number of nitrogens with one attached hydrogen (secondary N) is 1. The smallest absolute Gasteiger partial charge is 0.0440 e. The molecule has 2 nitrogen and oxygen atoms in total. The lowest BCUT2D eigenvalue weighted by molar-refractivity contribution is 0.254. The van der Waals surface area contributed by atoms with Gasteiger partial charge in [0.2, 0.25) is 0 Å². The molecule has 2 heteroatoms. The number of rotatable bonds is 1. The summed E-state index contributed by atoms with van der Waals surface area (Å²) in [7, 11) is 0. The van der Waals surface area contributed by atoms with Gasteiger partial charge in [-0.3, -0.25) is 5.01 Å². The third-order valence-corrected chi connectivity index (χ3v) is 1.23. The third-order valence-electron chi connectivity index (χ3n) is 1.23. The summed E-state index contributed by atoms with van der Waals surface area (Å²) in [5, 5.41) is 2.04. The Kier molecular flexibility index (Phi) is 1.78. The average Bonchev–Trinajstić information content (AvgIpc) is 1.90. The highest BCUT2D eigenvalue weighted by Gasteiger charge is 2.00. The van der Waals surface area contributed by atoms with Crippen LogP contribution in [0.1, 0.15) is 13.8 Å². The van der Waals surface area contributed by atoms with Gasteiger partial charge in [-0.25, -0.2) is 0 Å². The summed E-state index contributed by atoms with van der Waals surface area (Å²) in [4.78, 5) is 0. The molecule has 0 amide bonds. The van der Waals surface area contributed by atoms with Crippen LogP contribution in [0.3, 0.4) is 0 Å². The molecule has 0 aromatic rings. The van der Waals surface area contributed by atoms with E-state index in [0.29, 0.717) is 6.04 Å². The number of hydrogen-bond acceptors (Lipinski definition) is 2. The quantitative estimate of drug-likeness (QED) is 0.565. The fraction of sp³-hybridized carbons (Fsp3) is 0.429. The van der Waals surface area contributed by atoms with Crippen LogP contribution in [0.5, 0.6) is 0 Å². The summed E-state index contributed by atoms with van der Waals surface area (Å²) in [6.45, 7) is 4.27. The van der Waals surface area contributed by atoms with Crippen molar-refractivity contribution in [2.24, 2.45) is 0 Å². The van der Waals surface area contributed by atoms with Crippen LogP contribution in [-0.2, 0) is 0 Å². The van der Waals surface area contributed by atoms with Gasteiger partial charge in [-0.15, -0.1) is 0 Å². The second kappa shape index (κ2) is 2.58. The Morgan fingerprint density at radius 3 is 2.44 bits per heavy atom. The van der Waals surface area contributed by atoms with Crippen molar-refractivity contribution in [1.29, 1.82) is 0 Å². The summed E-state index contributed by atoms with van der Waals surface area (Å²) in [5.41, 5.74) is 3.08. The predicted octanol–water partition coefficient (Wildman–Crippen LogP) is 1.24. The highest BCUT2D eigenvalue weighted by molar-refractivity contribution is 5.05. The molecule has 1 heterocycles. The first-order valence-corrected chi connectivity index (χ1v) is 3.18. The van der Waals surface area contributed by atoms with E-state index in [2.05, 4.69) is 19.3 Å². The second-order valence-corrected chi connectivity index (χ2v) is 2.33. The van der Waals surface area contributed by atoms with Crippen LogP contribution in [0, 0.1) is 0 Å². The molecule has 1 aliphatic heterocycles. The Balaban J connectivity index is 2.46. The maximum Gasteiger partial charge on any atom is 0.0440 e. The van der Waals surface area contributed by atoms with E-state index in [4.69, 9.17) is 0 Å². The van der Waals surface area contributed by atoms with Crippen LogP contribution in [0.4, 0.5) is 0 Å². The fourth-order valence-corrected chi connectivity index (χ4v) is 0.691. The van der Waals surface area contributed by atoms with Crippen molar-refractivity contribution in [3.8, 4) is 0 Å². The van der Waals surface area contributed by atoms with Crippen LogP contribution in [0.25, 0.3) is 0 Å². The molecule has 1 rings (SSSR count). The summed E-state index contributed by atoms with van der Waals surface area (Å²) in [5.74, 6) is 0. The minimum Gasteiger partial charge on any atom is -0.306 e. The Morgan fingerprint density at radius 1 is 1.33 bits per heavy atom. The molecule has 1 N–H and O–H groups in total. The molecule has 0 unspecified atom stereocenters. The summed E-state index contributed by atoms with van der Waals surface area (Å²) in [6.07, 6.45) is 7.92. The van der Waals surface area contributed by atoms with Crippen LogP contribution < -0.4 is 5.43 Å². The minimum absolute atomic E-state index is 0.520. The standard InChI is InChI=1S/C7H12N2/c1-7(2)9-6-4-3-5-8-9/h3-8H,1-2H3. The van der Waals surface area contributed by atoms with Crippen LogP contribution in [0.15, 0.2) is 24.6 Å². The molecule has 0 saturated carbocycles. The monoisotopic (exact) mass is 124 g/mol. The Bertz CT molecular complexity index is 136. The van der Waals surface area contributed by atoms with Gasteiger partial charge in [-0.1, -0.05) is 0 Å². The lowest BCUT2D eigenvalue weighted by Gasteiger charge is -2.25. The molecule has 0 aliphatic carbocycles. The topological polar surface area (TPSA) is 15.3 Å². The number of hydrogen-bond donors (Lipinski definition) is 1. The first-order chi connectivity index (χ1) is 4.30. The van der Waals surface area contributed by atoms with Crippen molar-refractivity contribution in [2.45, 2.75) is 19.9 Å². The van der Waals surface area contributed by atoms with Gasteiger partial charge in [-0.2, -0.15) is 0 Å². The van der Waals surface area contributed by atoms with Crippen molar-refractivity contribution in [3.63, 3.8) is 0 Å². The van der Waals surface area contributed by atoms with Crippen molar-refractivity contribution in [1.82, 2.24) is 10.4 Å². The van der Waals surface area contributed by atoms with Gasteiger partial charge < -0.3 is 5.43 Å². The lowest BCUT2D eigenvalue weighted by atomic mass is 10.4. The van der Waals surface area contributed by atoms with E-state index < -0.39 is 0 Å². The lowest BCUT2D eigenvalue weighted by Crippen LogP contribution is -2.36. The van der Waals surface area contributed by atoms with Gasteiger partial charge >= 0.3 is 0 Å². The first kappa shape index (κ1) is 6.20. The molecule has 0 atom stereocenters. The van der Waals surface area contributed by atoms with Crippen molar-refractivity contribution < 1.29 is 0 Å². The van der Waals surface area contributed by atoms with Crippen LogP contribution >= 0.6 is 0 Å². The maximum absolute atomic E-state index is 3.08. The highest BCUT2D eigenvalue weighted by Crippen LogP contribution is 1.97. The van der Waals surface area contributed by atoms with Gasteiger partial charge in [-0.05, 0) is 26.0 Å². The van der Waals surface area contributed by atoms with E-state index in [9.17, 15) is 0 Å². The van der Waals surface area contributed by atoms with Crippen molar-refractivity contribution >= 4 is 0 Å². The molecule has 9 heavy (non-hydrogen) atoms. The van der Waals surface area contributed by atoms with E-state index in [-0.39, 0.29) is 0 Å².